The fourth-order valence-electron chi connectivity index (χ4n) is 3.91. The average Bonchev–Trinajstić information content (AvgIpc) is 2.63. The molecule has 110 valence electrons. The summed E-state index contributed by atoms with van der Waals surface area (Å²) in [6.45, 7) is 7.18. The summed E-state index contributed by atoms with van der Waals surface area (Å²) in [6, 6.07) is 7.47. The summed E-state index contributed by atoms with van der Waals surface area (Å²) >= 11 is 8.16. The van der Waals surface area contributed by atoms with Crippen molar-refractivity contribution in [2.45, 2.75) is 57.0 Å². The third-order valence-corrected chi connectivity index (χ3v) is 6.12. The third kappa shape index (κ3) is 3.03. The largest absolute Gasteiger partial charge is 0.307 e. The molecule has 0 saturated heterocycles. The van der Waals surface area contributed by atoms with E-state index in [-0.39, 0.29) is 0 Å². The van der Waals surface area contributed by atoms with Crippen LogP contribution >= 0.6 is 23.4 Å². The molecule has 1 N–H and O–H groups in total. The lowest BCUT2D eigenvalue weighted by atomic mass is 9.91. The summed E-state index contributed by atoms with van der Waals surface area (Å²) in [5, 5.41) is 4.79. The van der Waals surface area contributed by atoms with Crippen LogP contribution in [0.15, 0.2) is 23.1 Å². The van der Waals surface area contributed by atoms with Gasteiger partial charge in [-0.1, -0.05) is 32.4 Å². The van der Waals surface area contributed by atoms with E-state index in [0.29, 0.717) is 17.5 Å². The maximum absolute atomic E-state index is 6.20. The van der Waals surface area contributed by atoms with Crippen molar-refractivity contribution in [1.82, 2.24) is 5.32 Å². The lowest BCUT2D eigenvalue weighted by Gasteiger charge is -2.30. The van der Waals surface area contributed by atoms with Crippen molar-refractivity contribution in [3.63, 3.8) is 0 Å². The fraction of sp³-hybridized carbons (Fsp3) is 0.647. The van der Waals surface area contributed by atoms with Crippen molar-refractivity contribution in [3.8, 4) is 0 Å². The number of hydrogen-bond donors (Lipinski definition) is 1. The Bertz CT molecular complexity index is 500. The van der Waals surface area contributed by atoms with Crippen molar-refractivity contribution in [1.29, 1.82) is 0 Å². The first-order valence-corrected chi connectivity index (χ1v) is 8.99. The number of nitrogens with one attached hydrogen (secondary N) is 1. The molecule has 20 heavy (non-hydrogen) atoms. The van der Waals surface area contributed by atoms with Gasteiger partial charge in [0.25, 0.3) is 0 Å². The maximum Gasteiger partial charge on any atom is 0.0410 e. The van der Waals surface area contributed by atoms with Gasteiger partial charge in [-0.3, -0.25) is 0 Å². The smallest absolute Gasteiger partial charge is 0.0410 e. The van der Waals surface area contributed by atoms with Crippen molar-refractivity contribution in [3.05, 3.63) is 28.8 Å². The number of thioether (sulfide) groups is 1. The Morgan fingerprint density at radius 2 is 2.10 bits per heavy atom. The van der Waals surface area contributed by atoms with Crippen LogP contribution in [-0.4, -0.2) is 11.8 Å². The van der Waals surface area contributed by atoms with Crippen LogP contribution in [0.4, 0.5) is 0 Å². The molecule has 1 aromatic rings. The van der Waals surface area contributed by atoms with Gasteiger partial charge in [0.15, 0.2) is 0 Å². The second-order valence-corrected chi connectivity index (χ2v) is 8.77. The van der Waals surface area contributed by atoms with Crippen LogP contribution in [0, 0.1) is 11.3 Å². The molecule has 3 atom stereocenters. The Kier molecular flexibility index (Phi) is 4.09. The second kappa shape index (κ2) is 5.55. The molecule has 1 aromatic carbocycles. The van der Waals surface area contributed by atoms with Crippen LogP contribution in [0.5, 0.6) is 0 Å². The molecule has 3 heteroatoms. The van der Waals surface area contributed by atoms with E-state index in [0.717, 1.165) is 10.9 Å². The predicted molar refractivity (Wildman–Crippen MR) is 88.6 cm³/mol. The zero-order chi connectivity index (χ0) is 14.3. The van der Waals surface area contributed by atoms with E-state index >= 15 is 0 Å². The predicted octanol–water partition coefficient (Wildman–Crippen LogP) is 5.29. The van der Waals surface area contributed by atoms with Gasteiger partial charge in [0, 0.05) is 22.0 Å². The molecule has 1 nitrogen and oxygen atoms in total. The fourth-order valence-corrected chi connectivity index (χ4v) is 5.20. The lowest BCUT2D eigenvalue weighted by molar-refractivity contribution is 0.347. The number of halogens is 1. The first-order chi connectivity index (χ1) is 9.44. The number of fused-ring (bicyclic) bond motifs is 1. The molecule has 1 fully saturated rings. The number of rotatable bonds is 2. The van der Waals surface area contributed by atoms with E-state index in [1.807, 2.05) is 17.8 Å². The zero-order valence-corrected chi connectivity index (χ0v) is 14.2. The highest BCUT2D eigenvalue weighted by atomic mass is 35.5. The molecule has 1 aliphatic carbocycles. The molecular formula is C17H24ClNS. The molecule has 1 heterocycles. The summed E-state index contributed by atoms with van der Waals surface area (Å²) < 4.78 is 0. The lowest BCUT2D eigenvalue weighted by Crippen LogP contribution is -2.36. The van der Waals surface area contributed by atoms with Gasteiger partial charge in [0.05, 0.1) is 0 Å². The van der Waals surface area contributed by atoms with Gasteiger partial charge in [-0.05, 0) is 60.1 Å². The molecule has 0 amide bonds. The summed E-state index contributed by atoms with van der Waals surface area (Å²) in [6.07, 6.45) is 3.82. The van der Waals surface area contributed by atoms with E-state index in [2.05, 4.69) is 38.2 Å². The van der Waals surface area contributed by atoms with E-state index < -0.39 is 0 Å². The molecule has 0 aromatic heterocycles. The number of hydrogen-bond acceptors (Lipinski definition) is 2. The Morgan fingerprint density at radius 3 is 2.80 bits per heavy atom. The molecule has 3 unspecified atom stereocenters. The third-order valence-electron chi connectivity index (χ3n) is 4.76. The topological polar surface area (TPSA) is 12.0 Å². The highest BCUT2D eigenvalue weighted by Crippen LogP contribution is 2.43. The minimum atomic E-state index is 0.478. The quantitative estimate of drug-likeness (QED) is 0.796. The van der Waals surface area contributed by atoms with E-state index in [9.17, 15) is 0 Å². The Balaban J connectivity index is 1.78. The van der Waals surface area contributed by atoms with Gasteiger partial charge in [-0.25, -0.2) is 0 Å². The summed E-state index contributed by atoms with van der Waals surface area (Å²) in [5.74, 6) is 1.97. The summed E-state index contributed by atoms with van der Waals surface area (Å²) in [4.78, 5) is 1.41. The Morgan fingerprint density at radius 1 is 1.30 bits per heavy atom. The number of benzene rings is 1. The van der Waals surface area contributed by atoms with Crippen molar-refractivity contribution in [2.24, 2.45) is 11.3 Å². The van der Waals surface area contributed by atoms with Gasteiger partial charge in [-0.15, -0.1) is 11.8 Å². The van der Waals surface area contributed by atoms with Gasteiger partial charge in [0.1, 0.15) is 0 Å². The zero-order valence-electron chi connectivity index (χ0n) is 12.6. The minimum Gasteiger partial charge on any atom is -0.307 e. The Labute approximate surface area is 131 Å². The second-order valence-electron chi connectivity index (χ2n) is 7.19. The van der Waals surface area contributed by atoms with Crippen molar-refractivity contribution < 1.29 is 0 Å². The van der Waals surface area contributed by atoms with E-state index in [4.69, 9.17) is 11.6 Å². The van der Waals surface area contributed by atoms with Crippen LogP contribution in [0.3, 0.4) is 0 Å². The SMILES string of the molecule is CC1CC(C)(C)CC1NC1CCSc2ccc(Cl)cc21. The van der Waals surface area contributed by atoms with Gasteiger partial charge in [-0.2, -0.15) is 0 Å². The van der Waals surface area contributed by atoms with Crippen molar-refractivity contribution >= 4 is 23.4 Å². The monoisotopic (exact) mass is 309 g/mol. The summed E-state index contributed by atoms with van der Waals surface area (Å²) in [7, 11) is 0. The van der Waals surface area contributed by atoms with Crippen LogP contribution in [0.1, 0.15) is 51.6 Å². The summed E-state index contributed by atoms with van der Waals surface area (Å²) in [5.41, 5.74) is 1.89. The molecule has 3 rings (SSSR count). The first-order valence-electron chi connectivity index (χ1n) is 7.63. The van der Waals surface area contributed by atoms with Crippen LogP contribution in [0.2, 0.25) is 5.02 Å². The average molecular weight is 310 g/mol. The van der Waals surface area contributed by atoms with Crippen molar-refractivity contribution in [2.75, 3.05) is 5.75 Å². The molecule has 0 radical (unpaired) electrons. The molecule has 1 saturated carbocycles. The minimum absolute atomic E-state index is 0.478. The maximum atomic E-state index is 6.20. The standard InChI is InChI=1S/C17H24ClNS/c1-11-9-17(2,3)10-15(11)19-14-6-7-20-16-5-4-12(18)8-13(14)16/h4-5,8,11,14-15,19H,6-7,9-10H2,1-3H3. The van der Waals surface area contributed by atoms with Crippen LogP contribution in [-0.2, 0) is 0 Å². The van der Waals surface area contributed by atoms with E-state index in [1.54, 1.807) is 0 Å². The molecule has 0 spiro atoms. The normalized spacial score (nSPS) is 32.1. The van der Waals surface area contributed by atoms with E-state index in [1.165, 1.54) is 35.5 Å². The van der Waals surface area contributed by atoms with Gasteiger partial charge in [0.2, 0.25) is 0 Å². The van der Waals surface area contributed by atoms with Gasteiger partial charge < -0.3 is 5.32 Å². The Hall–Kier alpha value is -0.180. The molecule has 0 bridgehead atoms. The van der Waals surface area contributed by atoms with Gasteiger partial charge >= 0.3 is 0 Å². The highest BCUT2D eigenvalue weighted by Gasteiger charge is 2.38. The molecule has 2 aliphatic rings. The highest BCUT2D eigenvalue weighted by molar-refractivity contribution is 7.99. The van der Waals surface area contributed by atoms with Crippen LogP contribution in [0.25, 0.3) is 0 Å². The molecule has 1 aliphatic heterocycles. The van der Waals surface area contributed by atoms with Crippen LogP contribution < -0.4 is 5.32 Å². The molecular weight excluding hydrogens is 286 g/mol. The first kappa shape index (κ1) is 14.7.